The van der Waals surface area contributed by atoms with Crippen molar-refractivity contribution >= 4 is 35.2 Å². The van der Waals surface area contributed by atoms with Crippen LogP contribution < -0.4 is 10.1 Å². The first kappa shape index (κ1) is 28.8. The van der Waals surface area contributed by atoms with Crippen LogP contribution in [0.3, 0.4) is 0 Å². The van der Waals surface area contributed by atoms with Gasteiger partial charge in [-0.25, -0.2) is 4.79 Å². The summed E-state index contributed by atoms with van der Waals surface area (Å²) in [5.41, 5.74) is 2.11. The molecule has 0 spiro atoms. The van der Waals surface area contributed by atoms with Crippen LogP contribution in [0.4, 0.5) is 5.69 Å². The summed E-state index contributed by atoms with van der Waals surface area (Å²) in [6.45, 7) is 0.0128. The zero-order chi connectivity index (χ0) is 29.5. The van der Waals surface area contributed by atoms with Gasteiger partial charge >= 0.3 is 5.97 Å². The number of β-lactam (4-membered cyclic amide) rings is 1. The van der Waals surface area contributed by atoms with Gasteiger partial charge in [0, 0.05) is 17.9 Å². The molecule has 0 saturated carbocycles. The SMILES string of the molecule is O=C(COc1ccccc1)N[C@@H]1C(=O)N2C(C(=O)OCc3ccc([N+](=O)[O-])cc3)=C(COCc3ccccc3)CS[C@@H]12. The second-order valence-electron chi connectivity index (χ2n) is 9.49. The first-order valence-electron chi connectivity index (χ1n) is 13.1. The van der Waals surface area contributed by atoms with E-state index in [-0.39, 0.29) is 31.2 Å². The minimum Gasteiger partial charge on any atom is -0.484 e. The molecule has 0 aliphatic carbocycles. The van der Waals surface area contributed by atoms with Crippen LogP contribution in [0, 0.1) is 10.1 Å². The molecule has 3 aromatic rings. The van der Waals surface area contributed by atoms with Gasteiger partial charge in [0.2, 0.25) is 0 Å². The number of hydrogen-bond acceptors (Lipinski definition) is 9. The number of rotatable bonds is 12. The van der Waals surface area contributed by atoms with Gasteiger partial charge in [-0.05, 0) is 41.0 Å². The molecular weight excluding hydrogens is 562 g/mol. The zero-order valence-corrected chi connectivity index (χ0v) is 23.2. The predicted octanol–water partition coefficient (Wildman–Crippen LogP) is 3.59. The van der Waals surface area contributed by atoms with E-state index in [9.17, 15) is 24.5 Å². The Balaban J connectivity index is 1.26. The minimum atomic E-state index is -0.828. The standard InChI is InChI=1S/C30H27N3O8S/c34-25(18-40-24-9-5-2-6-10-24)31-26-28(35)32-27(30(36)41-16-21-11-13-23(14-12-21)33(37)38)22(19-42-29(26)32)17-39-15-20-7-3-1-4-8-20/h1-14,26,29H,15-19H2,(H,31,34)/t26-,29+/m1/s1. The summed E-state index contributed by atoms with van der Waals surface area (Å²) in [4.78, 5) is 50.9. The maximum Gasteiger partial charge on any atom is 0.355 e. The van der Waals surface area contributed by atoms with Crippen molar-refractivity contribution in [2.75, 3.05) is 19.0 Å². The number of nitro benzene ring substituents is 1. The van der Waals surface area contributed by atoms with E-state index in [1.807, 2.05) is 36.4 Å². The highest BCUT2D eigenvalue weighted by atomic mass is 32.2. The Morgan fingerprint density at radius 1 is 0.929 bits per heavy atom. The summed E-state index contributed by atoms with van der Waals surface area (Å²) in [5, 5.41) is 13.1. The smallest absolute Gasteiger partial charge is 0.355 e. The largest absolute Gasteiger partial charge is 0.484 e. The Morgan fingerprint density at radius 3 is 2.29 bits per heavy atom. The fraction of sp³-hybridized carbons (Fsp3) is 0.233. The summed E-state index contributed by atoms with van der Waals surface area (Å²) in [6, 6.07) is 23.2. The third-order valence-electron chi connectivity index (χ3n) is 6.58. The van der Waals surface area contributed by atoms with Crippen molar-refractivity contribution in [2.45, 2.75) is 24.6 Å². The number of nitro groups is 1. The number of para-hydroxylation sites is 1. The van der Waals surface area contributed by atoms with Gasteiger partial charge in [0.1, 0.15) is 29.5 Å². The van der Waals surface area contributed by atoms with E-state index in [0.717, 1.165) is 5.56 Å². The summed E-state index contributed by atoms with van der Waals surface area (Å²) in [6.07, 6.45) is 0. The lowest BCUT2D eigenvalue weighted by molar-refractivity contribution is -0.384. The molecule has 2 aliphatic heterocycles. The Labute approximate surface area is 245 Å². The maximum absolute atomic E-state index is 13.4. The topological polar surface area (TPSA) is 137 Å². The van der Waals surface area contributed by atoms with Crippen molar-refractivity contribution in [3.05, 3.63) is 117 Å². The highest BCUT2D eigenvalue weighted by molar-refractivity contribution is 8.00. The lowest BCUT2D eigenvalue weighted by Gasteiger charge is -2.49. The second-order valence-corrected chi connectivity index (χ2v) is 10.6. The molecule has 1 N–H and O–H groups in total. The highest BCUT2D eigenvalue weighted by Crippen LogP contribution is 2.41. The first-order chi connectivity index (χ1) is 20.4. The molecular formula is C30H27N3O8S. The highest BCUT2D eigenvalue weighted by Gasteiger charge is 2.54. The van der Waals surface area contributed by atoms with Crippen LogP contribution in [0.25, 0.3) is 0 Å². The number of benzene rings is 3. The van der Waals surface area contributed by atoms with Gasteiger partial charge in [-0.3, -0.25) is 24.6 Å². The number of ether oxygens (including phenoxy) is 3. The lowest BCUT2D eigenvalue weighted by Crippen LogP contribution is -2.71. The number of carbonyl (C=O) groups is 3. The van der Waals surface area contributed by atoms with Gasteiger partial charge in [-0.2, -0.15) is 0 Å². The number of hydrogen-bond donors (Lipinski definition) is 1. The monoisotopic (exact) mass is 589 g/mol. The van der Waals surface area contributed by atoms with Crippen molar-refractivity contribution in [3.63, 3.8) is 0 Å². The molecule has 2 aliphatic rings. The van der Waals surface area contributed by atoms with Gasteiger partial charge in [-0.1, -0.05) is 48.5 Å². The van der Waals surface area contributed by atoms with Crippen molar-refractivity contribution < 1.29 is 33.5 Å². The number of carbonyl (C=O) groups excluding carboxylic acids is 3. The van der Waals surface area contributed by atoms with E-state index >= 15 is 0 Å². The molecule has 2 atom stereocenters. The third-order valence-corrected chi connectivity index (χ3v) is 7.91. The molecule has 1 fully saturated rings. The van der Waals surface area contributed by atoms with Crippen molar-refractivity contribution in [1.82, 2.24) is 10.2 Å². The number of esters is 1. The van der Waals surface area contributed by atoms with Gasteiger partial charge in [-0.15, -0.1) is 11.8 Å². The number of nitrogens with zero attached hydrogens (tertiary/aromatic N) is 2. The van der Waals surface area contributed by atoms with E-state index in [4.69, 9.17) is 14.2 Å². The van der Waals surface area contributed by atoms with Crippen LogP contribution in [0.2, 0.25) is 0 Å². The number of amides is 2. The molecule has 0 radical (unpaired) electrons. The Morgan fingerprint density at radius 2 is 1.60 bits per heavy atom. The van der Waals surface area contributed by atoms with Gasteiger partial charge < -0.3 is 19.5 Å². The van der Waals surface area contributed by atoms with Crippen LogP contribution in [0.5, 0.6) is 5.75 Å². The molecule has 2 heterocycles. The van der Waals surface area contributed by atoms with Crippen LogP contribution in [-0.4, -0.2) is 58.0 Å². The number of non-ortho nitro benzene ring substituents is 1. The Bertz CT molecular complexity index is 1480. The molecule has 11 nitrogen and oxygen atoms in total. The molecule has 0 unspecified atom stereocenters. The average molecular weight is 590 g/mol. The molecule has 1 saturated heterocycles. The minimum absolute atomic E-state index is 0.0776. The van der Waals surface area contributed by atoms with Crippen LogP contribution >= 0.6 is 11.8 Å². The molecule has 2 amide bonds. The molecule has 3 aromatic carbocycles. The fourth-order valence-corrected chi connectivity index (χ4v) is 5.79. The van der Waals surface area contributed by atoms with Crippen LogP contribution in [0.15, 0.2) is 96.2 Å². The molecule has 12 heteroatoms. The van der Waals surface area contributed by atoms with E-state index in [1.54, 1.807) is 24.3 Å². The van der Waals surface area contributed by atoms with E-state index in [1.165, 1.54) is 40.9 Å². The van der Waals surface area contributed by atoms with Crippen molar-refractivity contribution in [2.24, 2.45) is 0 Å². The maximum atomic E-state index is 13.4. The van der Waals surface area contributed by atoms with E-state index < -0.39 is 34.1 Å². The number of fused-ring (bicyclic) bond motifs is 1. The first-order valence-corrected chi connectivity index (χ1v) is 14.1. The lowest BCUT2D eigenvalue weighted by atomic mass is 10.0. The van der Waals surface area contributed by atoms with Gasteiger partial charge in [0.25, 0.3) is 17.5 Å². The molecule has 5 rings (SSSR count). The zero-order valence-electron chi connectivity index (χ0n) is 22.3. The quantitative estimate of drug-likeness (QED) is 0.145. The predicted molar refractivity (Wildman–Crippen MR) is 153 cm³/mol. The normalized spacial score (nSPS) is 17.6. The number of nitrogens with one attached hydrogen (secondary N) is 1. The van der Waals surface area contributed by atoms with Crippen LogP contribution in [-0.2, 0) is 37.1 Å². The van der Waals surface area contributed by atoms with Gasteiger partial charge in [0.15, 0.2) is 6.61 Å². The molecule has 216 valence electrons. The molecule has 42 heavy (non-hydrogen) atoms. The molecule has 0 bridgehead atoms. The summed E-state index contributed by atoms with van der Waals surface area (Å²) >= 11 is 1.42. The Hall–Kier alpha value is -4.68. The molecule has 0 aromatic heterocycles. The van der Waals surface area contributed by atoms with Crippen LogP contribution in [0.1, 0.15) is 11.1 Å². The summed E-state index contributed by atoms with van der Waals surface area (Å²) < 4.78 is 16.9. The average Bonchev–Trinajstić information content (AvgIpc) is 3.02. The second kappa shape index (κ2) is 13.3. The van der Waals surface area contributed by atoms with E-state index in [0.29, 0.717) is 29.2 Å². The summed E-state index contributed by atoms with van der Waals surface area (Å²) in [7, 11) is 0. The number of thioether (sulfide) groups is 1. The summed E-state index contributed by atoms with van der Waals surface area (Å²) in [5.74, 6) is -0.702. The van der Waals surface area contributed by atoms with E-state index in [2.05, 4.69) is 5.32 Å². The van der Waals surface area contributed by atoms with Crippen molar-refractivity contribution in [3.8, 4) is 5.75 Å². The van der Waals surface area contributed by atoms with Crippen molar-refractivity contribution in [1.29, 1.82) is 0 Å². The van der Waals surface area contributed by atoms with Gasteiger partial charge in [0.05, 0.1) is 18.1 Å². The Kier molecular flexibility index (Phi) is 9.15. The third kappa shape index (κ3) is 6.78. The fourth-order valence-electron chi connectivity index (χ4n) is 4.46.